The Labute approximate surface area is 159 Å². The summed E-state index contributed by atoms with van der Waals surface area (Å²) in [5, 5.41) is 11.5. The third-order valence-corrected chi connectivity index (χ3v) is 4.81. The van der Waals surface area contributed by atoms with Crippen LogP contribution in [0.4, 0.5) is 18.0 Å². The zero-order chi connectivity index (χ0) is 21.9. The van der Waals surface area contributed by atoms with Gasteiger partial charge in [-0.1, -0.05) is 6.07 Å². The number of phenols is 1. The van der Waals surface area contributed by atoms with E-state index in [1.807, 2.05) is 0 Å². The van der Waals surface area contributed by atoms with Crippen molar-refractivity contribution in [2.24, 2.45) is 0 Å². The minimum Gasteiger partial charge on any atom is -0.508 e. The van der Waals surface area contributed by atoms with E-state index in [-0.39, 0.29) is 0 Å². The molecule has 0 spiro atoms. The number of hydrogen-bond acceptors (Lipinski definition) is 7. The maximum atomic E-state index is 12.9. The van der Waals surface area contributed by atoms with E-state index in [2.05, 4.69) is 10.1 Å². The van der Waals surface area contributed by atoms with Crippen LogP contribution in [0.25, 0.3) is 0 Å². The van der Waals surface area contributed by atoms with Crippen LogP contribution in [0.1, 0.15) is 26.3 Å². The van der Waals surface area contributed by atoms with Crippen molar-refractivity contribution in [3.8, 4) is 5.75 Å². The van der Waals surface area contributed by atoms with Crippen LogP contribution >= 0.6 is 0 Å². The number of rotatable bonds is 5. The summed E-state index contributed by atoms with van der Waals surface area (Å²) in [6.07, 6.45) is -1.71. The van der Waals surface area contributed by atoms with E-state index in [4.69, 9.17) is 4.74 Å². The van der Waals surface area contributed by atoms with Crippen LogP contribution in [0.2, 0.25) is 0 Å². The number of phenolic OH excluding ortho intramolecular Hbond substituents is 1. The highest BCUT2D eigenvalue weighted by atomic mass is 32.2. The van der Waals surface area contributed by atoms with Gasteiger partial charge in [-0.05, 0) is 38.5 Å². The average Bonchev–Trinajstić information content (AvgIpc) is 2.52. The first-order valence-electron chi connectivity index (χ1n) is 7.79. The van der Waals surface area contributed by atoms with Gasteiger partial charge in [0.1, 0.15) is 17.4 Å². The Morgan fingerprint density at radius 3 is 2.25 bits per heavy atom. The molecule has 0 aliphatic carbocycles. The molecule has 1 atom stereocenters. The van der Waals surface area contributed by atoms with E-state index in [0.29, 0.717) is 6.07 Å². The molecule has 8 nitrogen and oxygen atoms in total. The number of amides is 1. The third kappa shape index (κ3) is 6.01. The predicted octanol–water partition coefficient (Wildman–Crippen LogP) is 2.29. The molecule has 1 aromatic carbocycles. The van der Waals surface area contributed by atoms with Gasteiger partial charge in [0, 0.05) is 6.42 Å². The van der Waals surface area contributed by atoms with Crippen LogP contribution < -0.4 is 5.32 Å². The minimum absolute atomic E-state index is 0.417. The Morgan fingerprint density at radius 2 is 1.79 bits per heavy atom. The number of carbonyl (C=O) groups excluding carboxylic acids is 2. The van der Waals surface area contributed by atoms with Gasteiger partial charge in [-0.25, -0.2) is 18.0 Å². The number of ether oxygens (including phenoxy) is 2. The number of benzene rings is 1. The van der Waals surface area contributed by atoms with Crippen LogP contribution in [0.5, 0.6) is 5.75 Å². The van der Waals surface area contributed by atoms with Gasteiger partial charge in [-0.2, -0.15) is 13.2 Å². The average molecular weight is 427 g/mol. The van der Waals surface area contributed by atoms with Crippen LogP contribution in [-0.2, 0) is 30.5 Å². The van der Waals surface area contributed by atoms with Crippen molar-refractivity contribution in [1.29, 1.82) is 0 Å². The summed E-state index contributed by atoms with van der Waals surface area (Å²) in [6.45, 7) is 4.65. The van der Waals surface area contributed by atoms with E-state index in [0.717, 1.165) is 19.2 Å². The Morgan fingerprint density at radius 1 is 1.21 bits per heavy atom. The first-order chi connectivity index (χ1) is 12.6. The summed E-state index contributed by atoms with van der Waals surface area (Å²) in [5.41, 5.74) is -7.01. The smallest absolute Gasteiger partial charge is 0.501 e. The highest BCUT2D eigenvalue weighted by molar-refractivity contribution is 7.92. The normalized spacial score (nSPS) is 13.5. The molecule has 2 N–H and O–H groups in total. The number of methoxy groups -OCH3 is 1. The Hall–Kier alpha value is -2.50. The lowest BCUT2D eigenvalue weighted by Crippen LogP contribution is -2.45. The Balaban J connectivity index is 3.30. The second-order valence-corrected chi connectivity index (χ2v) is 8.58. The molecule has 0 fully saturated rings. The predicted molar refractivity (Wildman–Crippen MR) is 90.2 cm³/mol. The molecular formula is C16H20F3NO7S. The van der Waals surface area contributed by atoms with Crippen LogP contribution in [0.3, 0.4) is 0 Å². The summed E-state index contributed by atoms with van der Waals surface area (Å²) < 4.78 is 71.9. The van der Waals surface area contributed by atoms with Gasteiger partial charge in [0.15, 0.2) is 0 Å². The SMILES string of the molecule is COC(=O)[C@H](Cc1ccc(O)cc1S(=O)(=O)C(F)(F)F)NC(=O)OC(C)(C)C. The number of carbonyl (C=O) groups is 2. The largest absolute Gasteiger partial charge is 0.508 e. The molecule has 1 aromatic rings. The van der Waals surface area contributed by atoms with Gasteiger partial charge in [-0.3, -0.25) is 0 Å². The molecule has 158 valence electrons. The van der Waals surface area contributed by atoms with Crippen molar-refractivity contribution >= 4 is 21.9 Å². The van der Waals surface area contributed by atoms with E-state index in [1.165, 1.54) is 0 Å². The second-order valence-electron chi connectivity index (χ2n) is 6.67. The standard InChI is InChI=1S/C16H20F3NO7S/c1-15(2,3)27-14(23)20-11(13(22)26-4)7-9-5-6-10(21)8-12(9)28(24,25)16(17,18)19/h5-6,8,11,21H,7H2,1-4H3,(H,20,23)/t11-/m0/s1. The molecular weight excluding hydrogens is 407 g/mol. The van der Waals surface area contributed by atoms with E-state index in [1.54, 1.807) is 20.8 Å². The number of esters is 1. The lowest BCUT2D eigenvalue weighted by molar-refractivity contribution is -0.143. The van der Waals surface area contributed by atoms with Crippen molar-refractivity contribution in [2.45, 2.75) is 49.2 Å². The van der Waals surface area contributed by atoms with Crippen molar-refractivity contribution in [2.75, 3.05) is 7.11 Å². The Kier molecular flexibility index (Phi) is 6.93. The van der Waals surface area contributed by atoms with E-state index < -0.39 is 61.7 Å². The molecule has 0 heterocycles. The number of alkyl halides is 3. The number of sulfone groups is 1. The fourth-order valence-electron chi connectivity index (χ4n) is 2.09. The van der Waals surface area contributed by atoms with Crippen LogP contribution in [-0.4, -0.2) is 49.8 Å². The third-order valence-electron chi connectivity index (χ3n) is 3.25. The lowest BCUT2D eigenvalue weighted by atomic mass is 10.1. The fraction of sp³-hybridized carbons (Fsp3) is 0.500. The van der Waals surface area contributed by atoms with Gasteiger partial charge >= 0.3 is 17.6 Å². The molecule has 28 heavy (non-hydrogen) atoms. The molecule has 1 amide bonds. The van der Waals surface area contributed by atoms with Crippen LogP contribution in [0, 0.1) is 0 Å². The molecule has 0 bridgehead atoms. The molecule has 0 unspecified atom stereocenters. The van der Waals surface area contributed by atoms with Crippen molar-refractivity contribution in [3.63, 3.8) is 0 Å². The summed E-state index contributed by atoms with van der Waals surface area (Å²) >= 11 is 0. The molecule has 1 rings (SSSR count). The first-order valence-corrected chi connectivity index (χ1v) is 9.27. The zero-order valence-corrected chi connectivity index (χ0v) is 16.3. The zero-order valence-electron chi connectivity index (χ0n) is 15.5. The van der Waals surface area contributed by atoms with Crippen molar-refractivity contribution in [3.05, 3.63) is 23.8 Å². The van der Waals surface area contributed by atoms with E-state index in [9.17, 15) is 36.3 Å². The second kappa shape index (κ2) is 8.25. The molecule has 0 aromatic heterocycles. The van der Waals surface area contributed by atoms with Gasteiger partial charge in [-0.15, -0.1) is 0 Å². The number of aromatic hydroxyl groups is 1. The quantitative estimate of drug-likeness (QED) is 0.692. The monoisotopic (exact) mass is 427 g/mol. The van der Waals surface area contributed by atoms with Gasteiger partial charge in [0.2, 0.25) is 0 Å². The highest BCUT2D eigenvalue weighted by Gasteiger charge is 2.48. The maximum absolute atomic E-state index is 12.9. The topological polar surface area (TPSA) is 119 Å². The molecule has 0 saturated heterocycles. The van der Waals surface area contributed by atoms with Crippen LogP contribution in [0.15, 0.2) is 23.1 Å². The molecule has 0 aliphatic rings. The molecule has 0 aliphatic heterocycles. The molecule has 12 heteroatoms. The lowest BCUT2D eigenvalue weighted by Gasteiger charge is -2.23. The molecule has 0 radical (unpaired) electrons. The minimum atomic E-state index is -5.82. The summed E-state index contributed by atoms with van der Waals surface area (Å²) in [7, 11) is -4.84. The Bertz CT molecular complexity index is 845. The van der Waals surface area contributed by atoms with E-state index >= 15 is 0 Å². The first kappa shape index (κ1) is 23.5. The highest BCUT2D eigenvalue weighted by Crippen LogP contribution is 2.34. The number of nitrogens with one attached hydrogen (secondary N) is 1. The fourth-order valence-corrected chi connectivity index (χ4v) is 3.11. The number of hydrogen-bond donors (Lipinski definition) is 2. The van der Waals surface area contributed by atoms with Crippen molar-refractivity contribution in [1.82, 2.24) is 5.32 Å². The number of alkyl carbamates (subject to hydrolysis) is 1. The molecule has 0 saturated carbocycles. The van der Waals surface area contributed by atoms with Gasteiger partial charge < -0.3 is 19.9 Å². The van der Waals surface area contributed by atoms with Gasteiger partial charge in [0.25, 0.3) is 9.84 Å². The van der Waals surface area contributed by atoms with Crippen molar-refractivity contribution < 1.29 is 45.8 Å². The number of halogens is 3. The maximum Gasteiger partial charge on any atom is 0.501 e. The summed E-state index contributed by atoms with van der Waals surface area (Å²) in [4.78, 5) is 22.6. The summed E-state index contributed by atoms with van der Waals surface area (Å²) in [5.74, 6) is -1.75. The summed E-state index contributed by atoms with van der Waals surface area (Å²) in [6, 6.07) is 0.735. The van der Waals surface area contributed by atoms with Gasteiger partial charge in [0.05, 0.1) is 12.0 Å².